The molecule has 0 aromatic rings. The Morgan fingerprint density at radius 3 is 2.78 bits per heavy atom. The van der Waals surface area contributed by atoms with Gasteiger partial charge in [-0.3, -0.25) is 0 Å². The number of hydrogen-bond donors (Lipinski definition) is 0. The maximum atomic E-state index is 6.53. The second kappa shape index (κ2) is 10.4. The molecule has 0 bridgehead atoms. The molecule has 36 heavy (non-hydrogen) atoms. The van der Waals surface area contributed by atoms with Crippen LogP contribution >= 0.6 is 0 Å². The fraction of sp³-hybridized carbons (Fsp3) is 0.781. The first-order valence-corrected chi connectivity index (χ1v) is 14.8. The van der Waals surface area contributed by atoms with Gasteiger partial charge < -0.3 is 14.3 Å². The summed E-state index contributed by atoms with van der Waals surface area (Å²) in [6.45, 7) is 16.0. The van der Waals surface area contributed by atoms with Gasteiger partial charge in [-0.15, -0.1) is 0 Å². The van der Waals surface area contributed by atoms with E-state index in [2.05, 4.69) is 64.6 Å². The SMILES string of the molecule is C=CCO/N=C(\C)[C@H]1CCC2C3CC=C4C[C@@H](OC5C=C[C@H](C)[C@@H](CC)O5)CC[C@]4(C)C3CC[C@@]21C. The van der Waals surface area contributed by atoms with Crippen LogP contribution < -0.4 is 0 Å². The van der Waals surface area contributed by atoms with Gasteiger partial charge >= 0.3 is 0 Å². The number of nitrogens with zero attached hydrogens (tertiary/aromatic N) is 1. The smallest absolute Gasteiger partial charge is 0.177 e. The monoisotopic (exact) mass is 495 g/mol. The minimum absolute atomic E-state index is 0.177. The van der Waals surface area contributed by atoms with Gasteiger partial charge in [0.15, 0.2) is 6.29 Å². The van der Waals surface area contributed by atoms with E-state index in [1.54, 1.807) is 11.6 Å². The van der Waals surface area contributed by atoms with Crippen LogP contribution in [-0.2, 0) is 14.3 Å². The van der Waals surface area contributed by atoms with Gasteiger partial charge in [0.2, 0.25) is 0 Å². The van der Waals surface area contributed by atoms with Crippen molar-refractivity contribution in [2.24, 2.45) is 45.6 Å². The maximum absolute atomic E-state index is 6.53. The molecule has 1 heterocycles. The van der Waals surface area contributed by atoms with Crippen molar-refractivity contribution >= 4 is 5.71 Å². The molecule has 0 aromatic carbocycles. The van der Waals surface area contributed by atoms with E-state index < -0.39 is 0 Å². The Kier molecular flexibility index (Phi) is 7.58. The third-order valence-electron chi connectivity index (χ3n) is 11.2. The van der Waals surface area contributed by atoms with E-state index in [1.165, 1.54) is 44.2 Å². The van der Waals surface area contributed by atoms with Crippen LogP contribution in [0.3, 0.4) is 0 Å². The van der Waals surface area contributed by atoms with Crippen LogP contribution in [0.2, 0.25) is 0 Å². The molecule has 0 radical (unpaired) electrons. The van der Waals surface area contributed by atoms with Crippen LogP contribution in [0.5, 0.6) is 0 Å². The Morgan fingerprint density at radius 2 is 2.00 bits per heavy atom. The molecule has 4 unspecified atom stereocenters. The number of allylic oxidation sites excluding steroid dienone is 1. The lowest BCUT2D eigenvalue weighted by Crippen LogP contribution is -2.51. The van der Waals surface area contributed by atoms with Crippen LogP contribution in [-0.4, -0.2) is 30.8 Å². The zero-order valence-corrected chi connectivity index (χ0v) is 23.4. The van der Waals surface area contributed by atoms with Gasteiger partial charge in [-0.05, 0) is 99.4 Å². The largest absolute Gasteiger partial charge is 0.392 e. The first-order valence-electron chi connectivity index (χ1n) is 14.8. The molecule has 0 N–H and O–H groups in total. The second-order valence-electron chi connectivity index (χ2n) is 12.9. The lowest BCUT2D eigenvalue weighted by Gasteiger charge is -2.58. The number of oxime groups is 1. The van der Waals surface area contributed by atoms with Crippen LogP contribution in [0.4, 0.5) is 0 Å². The highest BCUT2D eigenvalue weighted by Gasteiger charge is 2.59. The summed E-state index contributed by atoms with van der Waals surface area (Å²) in [7, 11) is 0. The van der Waals surface area contributed by atoms with Crippen molar-refractivity contribution in [2.45, 2.75) is 111 Å². The van der Waals surface area contributed by atoms with Crippen LogP contribution in [0, 0.1) is 40.4 Å². The van der Waals surface area contributed by atoms with Gasteiger partial charge in [-0.25, -0.2) is 0 Å². The van der Waals surface area contributed by atoms with E-state index >= 15 is 0 Å². The summed E-state index contributed by atoms with van der Waals surface area (Å²) in [4.78, 5) is 5.49. The average Bonchev–Trinajstić information content (AvgIpc) is 3.23. The predicted molar refractivity (Wildman–Crippen MR) is 147 cm³/mol. The molecule has 5 aliphatic rings. The highest BCUT2D eigenvalue weighted by molar-refractivity contribution is 5.85. The normalized spacial score (nSPS) is 46.4. The highest BCUT2D eigenvalue weighted by Crippen LogP contribution is 2.66. The Bertz CT molecular complexity index is 907. The summed E-state index contributed by atoms with van der Waals surface area (Å²) in [5.41, 5.74) is 3.55. The second-order valence-corrected chi connectivity index (χ2v) is 12.9. The van der Waals surface area contributed by atoms with Crippen molar-refractivity contribution in [3.8, 4) is 0 Å². The van der Waals surface area contributed by atoms with Gasteiger partial charge in [0.25, 0.3) is 0 Å². The molecule has 4 nitrogen and oxygen atoms in total. The number of ether oxygens (including phenoxy) is 2. The molecular formula is C32H49NO3. The van der Waals surface area contributed by atoms with E-state index in [-0.39, 0.29) is 18.5 Å². The molecular weight excluding hydrogens is 446 g/mol. The summed E-state index contributed by atoms with van der Waals surface area (Å²) in [5, 5.41) is 4.49. The zero-order valence-electron chi connectivity index (χ0n) is 23.4. The van der Waals surface area contributed by atoms with Crippen molar-refractivity contribution in [3.63, 3.8) is 0 Å². The van der Waals surface area contributed by atoms with E-state index in [0.717, 1.165) is 37.0 Å². The first-order chi connectivity index (χ1) is 17.3. The average molecular weight is 496 g/mol. The van der Waals surface area contributed by atoms with Crippen molar-refractivity contribution in [1.82, 2.24) is 0 Å². The Morgan fingerprint density at radius 1 is 1.17 bits per heavy atom. The molecule has 5 rings (SSSR count). The molecule has 3 fully saturated rings. The molecule has 10 atom stereocenters. The first kappa shape index (κ1) is 26.2. The third kappa shape index (κ3) is 4.55. The fourth-order valence-corrected chi connectivity index (χ4v) is 9.15. The van der Waals surface area contributed by atoms with Gasteiger partial charge in [-0.2, -0.15) is 0 Å². The summed E-state index contributed by atoms with van der Waals surface area (Å²) >= 11 is 0. The van der Waals surface area contributed by atoms with E-state index in [0.29, 0.717) is 29.3 Å². The van der Waals surface area contributed by atoms with E-state index in [4.69, 9.17) is 14.3 Å². The highest BCUT2D eigenvalue weighted by atomic mass is 16.7. The fourth-order valence-electron chi connectivity index (χ4n) is 9.15. The molecule has 0 spiro atoms. The Balaban J connectivity index is 1.27. The zero-order chi connectivity index (χ0) is 25.5. The molecule has 200 valence electrons. The van der Waals surface area contributed by atoms with Crippen molar-refractivity contribution < 1.29 is 14.3 Å². The number of fused-ring (bicyclic) bond motifs is 5. The minimum Gasteiger partial charge on any atom is -0.392 e. The lowest BCUT2D eigenvalue weighted by atomic mass is 9.47. The molecule has 0 saturated heterocycles. The van der Waals surface area contributed by atoms with Gasteiger partial charge in [0, 0.05) is 11.8 Å². The summed E-state index contributed by atoms with van der Waals surface area (Å²) < 4.78 is 12.8. The topological polar surface area (TPSA) is 40.0 Å². The molecule has 3 saturated carbocycles. The van der Waals surface area contributed by atoms with Crippen LogP contribution in [0.15, 0.2) is 41.6 Å². The quantitative estimate of drug-likeness (QED) is 0.156. The van der Waals surface area contributed by atoms with Crippen molar-refractivity contribution in [2.75, 3.05) is 6.61 Å². The Hall–Kier alpha value is -1.39. The molecule has 0 amide bonds. The summed E-state index contributed by atoms with van der Waals surface area (Å²) in [5.74, 6) is 3.43. The minimum atomic E-state index is -0.177. The van der Waals surface area contributed by atoms with Crippen molar-refractivity contribution in [1.29, 1.82) is 0 Å². The number of rotatable bonds is 7. The van der Waals surface area contributed by atoms with E-state index in [9.17, 15) is 0 Å². The van der Waals surface area contributed by atoms with Crippen LogP contribution in [0.1, 0.15) is 92.4 Å². The van der Waals surface area contributed by atoms with Gasteiger partial charge in [0.05, 0.1) is 17.9 Å². The Labute approximate surface area is 219 Å². The lowest BCUT2D eigenvalue weighted by molar-refractivity contribution is -0.188. The molecule has 1 aliphatic heterocycles. The van der Waals surface area contributed by atoms with Gasteiger partial charge in [-0.1, -0.05) is 63.2 Å². The molecule has 4 heteroatoms. The maximum Gasteiger partial charge on any atom is 0.177 e. The molecule has 0 aromatic heterocycles. The molecule has 4 aliphatic carbocycles. The third-order valence-corrected chi connectivity index (χ3v) is 11.2. The van der Waals surface area contributed by atoms with Gasteiger partial charge in [0.1, 0.15) is 6.61 Å². The summed E-state index contributed by atoms with van der Waals surface area (Å²) in [6.07, 6.45) is 20.2. The van der Waals surface area contributed by atoms with Crippen LogP contribution in [0.25, 0.3) is 0 Å². The summed E-state index contributed by atoms with van der Waals surface area (Å²) in [6, 6.07) is 0. The number of hydrogen-bond acceptors (Lipinski definition) is 4. The van der Waals surface area contributed by atoms with Crippen molar-refractivity contribution in [3.05, 3.63) is 36.5 Å². The predicted octanol–water partition coefficient (Wildman–Crippen LogP) is 7.86. The standard InChI is InChI=1S/C32H49NO3/c1-7-19-34-33-22(4)26-12-13-27-25-11-10-23-20-24(35-30-14-9-21(3)29(8-2)36-30)15-17-31(23,5)28(25)16-18-32(26,27)6/h7,9-10,14,21,24-30H,1,8,11-13,15-20H2,2-6H3/b33-22+/t21-,24-,25?,26+,27?,28?,29+,30?,31-,32+/m0/s1. The van der Waals surface area contributed by atoms with E-state index in [1.807, 2.05) is 0 Å².